The zero-order valence-electron chi connectivity index (χ0n) is 15.9. The minimum absolute atomic E-state index is 0.104. The Labute approximate surface area is 171 Å². The molecule has 150 valence electrons. The summed E-state index contributed by atoms with van der Waals surface area (Å²) in [6.45, 7) is 0.970. The van der Waals surface area contributed by atoms with Gasteiger partial charge in [0.1, 0.15) is 19.4 Å². The van der Waals surface area contributed by atoms with Gasteiger partial charge in [-0.1, -0.05) is 0 Å². The Kier molecular flexibility index (Phi) is 5.10. The SMILES string of the molecule is CN1C(=O)C2C(SCC(=O)Nc3ccc4c(c3)OCCO4)=CC=NC2=[N+](C)C1=O. The van der Waals surface area contributed by atoms with E-state index in [9.17, 15) is 14.4 Å². The highest BCUT2D eigenvalue weighted by atomic mass is 32.2. The van der Waals surface area contributed by atoms with Crippen LogP contribution in [0.15, 0.2) is 34.2 Å². The molecule has 0 radical (unpaired) electrons. The highest BCUT2D eigenvalue weighted by molar-refractivity contribution is 8.03. The van der Waals surface area contributed by atoms with Crippen molar-refractivity contribution in [1.82, 2.24) is 4.90 Å². The number of urea groups is 1. The molecule has 0 fully saturated rings. The van der Waals surface area contributed by atoms with E-state index < -0.39 is 11.9 Å². The standard InChI is InChI=1S/C19H18N4O5S/c1-22-17-16(18(25)23(2)19(22)26)14(5-6-20-17)29-10-15(24)21-11-3-4-12-13(9-11)28-8-7-27-12/h3-6,9,16H,7-8,10H2,1-2H3/p+1. The minimum Gasteiger partial charge on any atom is -0.486 e. The minimum atomic E-state index is -0.681. The first-order valence-electron chi connectivity index (χ1n) is 8.94. The predicted molar refractivity (Wildman–Crippen MR) is 108 cm³/mol. The fraction of sp³-hybridized carbons (Fsp3) is 0.316. The molecule has 1 unspecified atom stereocenters. The molecule has 1 aromatic carbocycles. The largest absolute Gasteiger partial charge is 0.486 e. The zero-order chi connectivity index (χ0) is 20.5. The summed E-state index contributed by atoms with van der Waals surface area (Å²) < 4.78 is 12.3. The smallest absolute Gasteiger partial charge is 0.445 e. The lowest BCUT2D eigenvalue weighted by Gasteiger charge is -2.26. The van der Waals surface area contributed by atoms with Crippen LogP contribution in [0.5, 0.6) is 11.5 Å². The molecule has 4 rings (SSSR count). The first kappa shape index (κ1) is 19.2. The highest BCUT2D eigenvalue weighted by Crippen LogP contribution is 2.34. The number of rotatable bonds is 4. The molecule has 1 N–H and O–H groups in total. The first-order valence-corrected chi connectivity index (χ1v) is 9.93. The molecule has 0 saturated carbocycles. The number of carbonyl (C=O) groups is 3. The van der Waals surface area contributed by atoms with Gasteiger partial charge >= 0.3 is 11.9 Å². The van der Waals surface area contributed by atoms with Gasteiger partial charge in [0.05, 0.1) is 19.8 Å². The molecule has 29 heavy (non-hydrogen) atoms. The Morgan fingerprint density at radius 3 is 2.86 bits per heavy atom. The Morgan fingerprint density at radius 2 is 2.07 bits per heavy atom. The number of benzene rings is 1. The Morgan fingerprint density at radius 1 is 1.31 bits per heavy atom. The summed E-state index contributed by atoms with van der Waals surface area (Å²) >= 11 is 1.24. The van der Waals surface area contributed by atoms with Gasteiger partial charge < -0.3 is 14.8 Å². The van der Waals surface area contributed by atoms with Crippen molar-refractivity contribution >= 4 is 47.3 Å². The van der Waals surface area contributed by atoms with Gasteiger partial charge in [-0.3, -0.25) is 9.59 Å². The van der Waals surface area contributed by atoms with Crippen LogP contribution in [-0.2, 0) is 9.59 Å². The van der Waals surface area contributed by atoms with Crippen LogP contribution >= 0.6 is 11.8 Å². The van der Waals surface area contributed by atoms with E-state index >= 15 is 0 Å². The quantitative estimate of drug-likeness (QED) is 0.745. The van der Waals surface area contributed by atoms with Crippen LogP contribution in [0, 0.1) is 5.92 Å². The van der Waals surface area contributed by atoms with Crippen LogP contribution in [0.1, 0.15) is 0 Å². The Balaban J connectivity index is 1.43. The van der Waals surface area contributed by atoms with E-state index in [0.717, 1.165) is 4.90 Å². The van der Waals surface area contributed by atoms with E-state index in [-0.39, 0.29) is 17.6 Å². The number of imide groups is 1. The van der Waals surface area contributed by atoms with Gasteiger partial charge in [0.25, 0.3) is 5.84 Å². The number of aliphatic imine (C=N–C) groups is 1. The van der Waals surface area contributed by atoms with Crippen molar-refractivity contribution in [2.75, 3.05) is 38.4 Å². The fourth-order valence-corrected chi connectivity index (χ4v) is 4.11. The van der Waals surface area contributed by atoms with Gasteiger partial charge in [-0.15, -0.1) is 16.8 Å². The zero-order valence-corrected chi connectivity index (χ0v) is 16.7. The number of hydrogen-bond acceptors (Lipinski definition) is 7. The van der Waals surface area contributed by atoms with Gasteiger partial charge in [0, 0.05) is 16.7 Å². The summed E-state index contributed by atoms with van der Waals surface area (Å²) in [7, 11) is 3.01. The molecule has 0 aromatic heterocycles. The molecular weight excluding hydrogens is 396 g/mol. The van der Waals surface area contributed by atoms with E-state index in [1.165, 1.54) is 29.6 Å². The van der Waals surface area contributed by atoms with Crippen molar-refractivity contribution in [3.8, 4) is 11.5 Å². The number of amides is 4. The molecule has 9 nitrogen and oxygen atoms in total. The number of ether oxygens (including phenoxy) is 2. The number of amidine groups is 1. The summed E-state index contributed by atoms with van der Waals surface area (Å²) in [4.78, 5) is 43.0. The van der Waals surface area contributed by atoms with Gasteiger partial charge in [-0.2, -0.15) is 9.48 Å². The van der Waals surface area contributed by atoms with Crippen molar-refractivity contribution in [1.29, 1.82) is 0 Å². The molecule has 1 aromatic rings. The number of anilines is 1. The van der Waals surface area contributed by atoms with E-state index in [4.69, 9.17) is 9.47 Å². The summed E-state index contributed by atoms with van der Waals surface area (Å²) in [5.74, 6) is 0.457. The van der Waals surface area contributed by atoms with Crippen LogP contribution in [0.3, 0.4) is 0 Å². The summed E-state index contributed by atoms with van der Waals surface area (Å²) in [6.07, 6.45) is 3.24. The lowest BCUT2D eigenvalue weighted by atomic mass is 10.0. The van der Waals surface area contributed by atoms with Crippen LogP contribution in [0.4, 0.5) is 10.5 Å². The number of hydrogen-bond donors (Lipinski definition) is 1. The molecule has 10 heteroatoms. The third-order valence-electron chi connectivity index (χ3n) is 4.68. The Hall–Kier alpha value is -3.14. The molecule has 3 aliphatic rings. The van der Waals surface area contributed by atoms with Gasteiger partial charge in [0.15, 0.2) is 17.4 Å². The number of thioether (sulfide) groups is 1. The summed E-state index contributed by atoms with van der Waals surface area (Å²) in [5.41, 5.74) is 0.602. The molecule has 1 atom stereocenters. The Bertz CT molecular complexity index is 1000. The molecule has 0 aliphatic carbocycles. The predicted octanol–water partition coefficient (Wildman–Crippen LogP) is 1.35. The van der Waals surface area contributed by atoms with Crippen molar-refractivity contribution in [2.24, 2.45) is 10.9 Å². The molecule has 3 aliphatic heterocycles. The van der Waals surface area contributed by atoms with E-state index in [1.807, 2.05) is 0 Å². The lowest BCUT2D eigenvalue weighted by Crippen LogP contribution is -2.52. The lowest BCUT2D eigenvalue weighted by molar-refractivity contribution is -0.407. The number of carbonyl (C=O) groups excluding carboxylic acids is 3. The van der Waals surface area contributed by atoms with Crippen molar-refractivity contribution in [2.45, 2.75) is 0 Å². The number of allylic oxidation sites excluding steroid dienone is 1. The van der Waals surface area contributed by atoms with Gasteiger partial charge in [-0.25, -0.2) is 4.79 Å². The van der Waals surface area contributed by atoms with Gasteiger partial charge in [0.2, 0.25) is 5.91 Å². The average Bonchev–Trinajstić information content (AvgIpc) is 2.74. The topological polar surface area (TPSA) is 100 Å². The molecule has 0 bridgehead atoms. The van der Waals surface area contributed by atoms with Crippen molar-refractivity contribution in [3.63, 3.8) is 0 Å². The molecular formula is C19H19N4O5S+. The third-order valence-corrected chi connectivity index (χ3v) is 5.79. The maximum atomic E-state index is 12.6. The monoisotopic (exact) mass is 415 g/mol. The van der Waals surface area contributed by atoms with Crippen LogP contribution in [-0.4, -0.2) is 72.4 Å². The van der Waals surface area contributed by atoms with Crippen molar-refractivity contribution in [3.05, 3.63) is 29.2 Å². The summed E-state index contributed by atoms with van der Waals surface area (Å²) in [5, 5.41) is 2.82. The molecule has 3 heterocycles. The summed E-state index contributed by atoms with van der Waals surface area (Å²) in [6, 6.07) is 4.79. The van der Waals surface area contributed by atoms with Gasteiger partial charge in [-0.05, 0) is 18.2 Å². The molecule has 0 saturated heterocycles. The average molecular weight is 415 g/mol. The second kappa shape index (κ2) is 7.70. The van der Waals surface area contributed by atoms with E-state index in [2.05, 4.69) is 10.3 Å². The van der Waals surface area contributed by atoms with Crippen LogP contribution < -0.4 is 14.8 Å². The fourth-order valence-electron chi connectivity index (χ4n) is 3.21. The van der Waals surface area contributed by atoms with E-state index in [1.54, 1.807) is 31.3 Å². The maximum absolute atomic E-state index is 12.6. The maximum Gasteiger partial charge on any atom is 0.445 e. The highest BCUT2D eigenvalue weighted by Gasteiger charge is 2.47. The second-order valence-electron chi connectivity index (χ2n) is 6.57. The third kappa shape index (κ3) is 3.63. The number of nitrogens with one attached hydrogen (secondary N) is 1. The second-order valence-corrected chi connectivity index (χ2v) is 7.62. The van der Waals surface area contributed by atoms with Crippen LogP contribution in [0.2, 0.25) is 0 Å². The van der Waals surface area contributed by atoms with Crippen molar-refractivity contribution < 1.29 is 28.4 Å². The normalized spacial score (nSPS) is 20.4. The molecule has 4 amide bonds. The number of fused-ring (bicyclic) bond motifs is 2. The first-order chi connectivity index (χ1) is 14.0. The molecule has 0 spiro atoms. The van der Waals surface area contributed by atoms with Crippen LogP contribution in [0.25, 0.3) is 0 Å². The number of nitrogens with zero attached hydrogens (tertiary/aromatic N) is 3. The van der Waals surface area contributed by atoms with E-state index in [0.29, 0.717) is 41.1 Å². The number of dihydropyridines is 1.